The molecule has 2 aromatic rings. The first kappa shape index (κ1) is 20.9. The maximum absolute atomic E-state index is 12.7. The highest BCUT2D eigenvalue weighted by molar-refractivity contribution is 6.07. The summed E-state index contributed by atoms with van der Waals surface area (Å²) in [5.74, 6) is 0.166. The van der Waals surface area contributed by atoms with Crippen molar-refractivity contribution < 1.29 is 23.8 Å². The number of nitrogens with two attached hydrogens (primary N) is 1. The Morgan fingerprint density at radius 2 is 2.03 bits per heavy atom. The molecule has 1 aliphatic rings. The standard InChI is InChI=1S/C21H27N3O5/c22-20(23)14-4-7-17-15(11-14)12-29-19(17)21(27)24-16-5-1-13(2-6-16)3-8-18(26)28-10-9-25/h4,7,11-13,16,25H,1-3,5-6,8-10H2,(H3,22,23)(H,24,27). The van der Waals surface area contributed by atoms with Crippen LogP contribution in [0.4, 0.5) is 0 Å². The van der Waals surface area contributed by atoms with Gasteiger partial charge in [-0.2, -0.15) is 0 Å². The molecule has 0 unspecified atom stereocenters. The van der Waals surface area contributed by atoms with Crippen LogP contribution >= 0.6 is 0 Å². The first-order valence-corrected chi connectivity index (χ1v) is 9.91. The van der Waals surface area contributed by atoms with E-state index in [9.17, 15) is 9.59 Å². The number of amides is 1. The molecule has 8 nitrogen and oxygen atoms in total. The van der Waals surface area contributed by atoms with Crippen molar-refractivity contribution in [1.82, 2.24) is 5.32 Å². The summed E-state index contributed by atoms with van der Waals surface area (Å²) < 4.78 is 10.4. The average Bonchev–Trinajstić information content (AvgIpc) is 3.15. The van der Waals surface area contributed by atoms with E-state index in [2.05, 4.69) is 5.32 Å². The van der Waals surface area contributed by atoms with Gasteiger partial charge in [-0.1, -0.05) is 6.07 Å². The molecule has 29 heavy (non-hydrogen) atoms. The molecule has 1 saturated carbocycles. The van der Waals surface area contributed by atoms with Crippen molar-refractivity contribution >= 4 is 28.5 Å². The molecule has 0 saturated heterocycles. The van der Waals surface area contributed by atoms with Crippen LogP contribution < -0.4 is 11.1 Å². The lowest BCUT2D eigenvalue weighted by atomic mass is 9.83. The van der Waals surface area contributed by atoms with Crippen LogP contribution in [-0.4, -0.2) is 42.1 Å². The van der Waals surface area contributed by atoms with Crippen molar-refractivity contribution in [2.45, 2.75) is 44.6 Å². The van der Waals surface area contributed by atoms with Gasteiger partial charge in [0.15, 0.2) is 5.76 Å². The Labute approximate surface area is 168 Å². The Bertz CT molecular complexity index is 884. The van der Waals surface area contributed by atoms with Crippen molar-refractivity contribution in [2.24, 2.45) is 11.7 Å². The smallest absolute Gasteiger partial charge is 0.305 e. The number of rotatable bonds is 8. The van der Waals surface area contributed by atoms with Crippen LogP contribution in [0.1, 0.15) is 54.6 Å². The second-order valence-electron chi connectivity index (χ2n) is 7.45. The van der Waals surface area contributed by atoms with Gasteiger partial charge in [0.05, 0.1) is 12.9 Å². The number of carbonyl (C=O) groups excluding carboxylic acids is 2. The van der Waals surface area contributed by atoms with Gasteiger partial charge in [0.25, 0.3) is 5.91 Å². The second kappa shape index (κ2) is 9.56. The number of aliphatic hydroxyl groups is 1. The summed E-state index contributed by atoms with van der Waals surface area (Å²) in [6.45, 7) is -0.103. The molecule has 1 heterocycles. The summed E-state index contributed by atoms with van der Waals surface area (Å²) >= 11 is 0. The minimum Gasteiger partial charge on any atom is -0.463 e. The second-order valence-corrected chi connectivity index (χ2v) is 7.45. The van der Waals surface area contributed by atoms with E-state index in [0.717, 1.165) is 37.5 Å². The first-order chi connectivity index (χ1) is 14.0. The molecular formula is C21H27N3O5. The Morgan fingerprint density at radius 3 is 2.72 bits per heavy atom. The van der Waals surface area contributed by atoms with E-state index < -0.39 is 0 Å². The van der Waals surface area contributed by atoms with Gasteiger partial charge in [-0.05, 0) is 50.2 Å². The third-order valence-electron chi connectivity index (χ3n) is 5.41. The van der Waals surface area contributed by atoms with Gasteiger partial charge in [0.1, 0.15) is 12.4 Å². The van der Waals surface area contributed by atoms with Gasteiger partial charge in [-0.15, -0.1) is 0 Å². The van der Waals surface area contributed by atoms with Crippen LogP contribution in [0.15, 0.2) is 28.9 Å². The number of hydrogen-bond acceptors (Lipinski definition) is 6. The average molecular weight is 401 g/mol. The van der Waals surface area contributed by atoms with Crippen LogP contribution in [0.2, 0.25) is 0 Å². The van der Waals surface area contributed by atoms with Crippen LogP contribution in [0.25, 0.3) is 10.8 Å². The number of amidine groups is 1. The zero-order valence-corrected chi connectivity index (χ0v) is 16.3. The fourth-order valence-corrected chi connectivity index (χ4v) is 3.80. The molecule has 1 amide bonds. The van der Waals surface area contributed by atoms with Crippen LogP contribution in [0, 0.1) is 11.3 Å². The summed E-state index contributed by atoms with van der Waals surface area (Å²) in [6.07, 6.45) is 6.24. The van der Waals surface area contributed by atoms with E-state index in [1.807, 2.05) is 0 Å². The van der Waals surface area contributed by atoms with Crippen LogP contribution in [-0.2, 0) is 9.53 Å². The first-order valence-electron chi connectivity index (χ1n) is 9.91. The lowest BCUT2D eigenvalue weighted by molar-refractivity contribution is -0.145. The Balaban J connectivity index is 1.49. The van der Waals surface area contributed by atoms with Crippen molar-refractivity contribution in [3.05, 3.63) is 35.8 Å². The maximum atomic E-state index is 12.7. The van der Waals surface area contributed by atoms with Gasteiger partial charge < -0.3 is 25.3 Å². The van der Waals surface area contributed by atoms with E-state index in [0.29, 0.717) is 23.3 Å². The molecule has 1 aliphatic carbocycles. The molecule has 3 rings (SSSR count). The summed E-state index contributed by atoms with van der Waals surface area (Å²) in [7, 11) is 0. The Morgan fingerprint density at radius 1 is 1.28 bits per heavy atom. The van der Waals surface area contributed by atoms with Gasteiger partial charge >= 0.3 is 5.97 Å². The van der Waals surface area contributed by atoms with E-state index in [4.69, 9.17) is 25.4 Å². The van der Waals surface area contributed by atoms with Gasteiger partial charge in [-0.3, -0.25) is 15.0 Å². The minimum atomic E-state index is -0.271. The van der Waals surface area contributed by atoms with Gasteiger partial charge in [0, 0.05) is 28.8 Å². The van der Waals surface area contributed by atoms with Crippen LogP contribution in [0.5, 0.6) is 0 Å². The number of benzene rings is 1. The van der Waals surface area contributed by atoms with Crippen molar-refractivity contribution in [1.29, 1.82) is 5.41 Å². The van der Waals surface area contributed by atoms with E-state index in [-0.39, 0.29) is 42.7 Å². The quantitative estimate of drug-likeness (QED) is 0.304. The lowest BCUT2D eigenvalue weighted by Crippen LogP contribution is -2.37. The molecule has 0 radical (unpaired) electrons. The van der Waals surface area contributed by atoms with Gasteiger partial charge in [-0.25, -0.2) is 0 Å². The SMILES string of the molecule is N=C(N)c1ccc2c(C(=O)NC3CCC(CCC(=O)OCCO)CC3)occ2c1. The molecule has 1 fully saturated rings. The largest absolute Gasteiger partial charge is 0.463 e. The molecule has 0 atom stereocenters. The number of ether oxygens (including phenoxy) is 1. The highest BCUT2D eigenvalue weighted by Gasteiger charge is 2.25. The molecule has 0 aliphatic heterocycles. The molecule has 5 N–H and O–H groups in total. The van der Waals surface area contributed by atoms with Crippen molar-refractivity contribution in [3.63, 3.8) is 0 Å². The van der Waals surface area contributed by atoms with Crippen LogP contribution in [0.3, 0.4) is 0 Å². The van der Waals surface area contributed by atoms with E-state index in [1.165, 1.54) is 6.26 Å². The third kappa shape index (κ3) is 5.35. The number of nitrogen functional groups attached to an aromatic ring is 1. The Kier molecular flexibility index (Phi) is 6.87. The predicted octanol–water partition coefficient (Wildman–Crippen LogP) is 2.32. The lowest BCUT2D eigenvalue weighted by Gasteiger charge is -2.28. The normalized spacial score (nSPS) is 19.1. The van der Waals surface area contributed by atoms with Crippen molar-refractivity contribution in [2.75, 3.05) is 13.2 Å². The molecule has 1 aromatic carbocycles. The number of aliphatic hydroxyl groups excluding tert-OH is 1. The summed E-state index contributed by atoms with van der Waals surface area (Å²) in [4.78, 5) is 24.2. The van der Waals surface area contributed by atoms with Crippen molar-refractivity contribution in [3.8, 4) is 0 Å². The number of nitrogens with one attached hydrogen (secondary N) is 2. The summed E-state index contributed by atoms with van der Waals surface area (Å²) in [6, 6.07) is 5.26. The summed E-state index contributed by atoms with van der Waals surface area (Å²) in [5.41, 5.74) is 6.09. The number of carbonyl (C=O) groups is 2. The molecular weight excluding hydrogens is 374 g/mol. The third-order valence-corrected chi connectivity index (χ3v) is 5.41. The molecule has 8 heteroatoms. The topological polar surface area (TPSA) is 139 Å². The molecule has 0 spiro atoms. The number of esters is 1. The van der Waals surface area contributed by atoms with Gasteiger partial charge in [0.2, 0.25) is 0 Å². The molecule has 0 bridgehead atoms. The number of hydrogen-bond donors (Lipinski definition) is 4. The minimum absolute atomic E-state index is 0.0301. The summed E-state index contributed by atoms with van der Waals surface area (Å²) in [5, 5.41) is 20.6. The zero-order chi connectivity index (χ0) is 20.8. The van der Waals surface area contributed by atoms with E-state index in [1.54, 1.807) is 18.2 Å². The zero-order valence-electron chi connectivity index (χ0n) is 16.3. The highest BCUT2D eigenvalue weighted by atomic mass is 16.5. The molecule has 156 valence electrons. The fourth-order valence-electron chi connectivity index (χ4n) is 3.80. The molecule has 1 aromatic heterocycles. The van der Waals surface area contributed by atoms with E-state index >= 15 is 0 Å². The predicted molar refractivity (Wildman–Crippen MR) is 108 cm³/mol. The highest BCUT2D eigenvalue weighted by Crippen LogP contribution is 2.29. The maximum Gasteiger partial charge on any atom is 0.305 e. The number of furan rings is 1. The Hall–Kier alpha value is -2.87. The number of fused-ring (bicyclic) bond motifs is 1. The monoisotopic (exact) mass is 401 g/mol. The fraction of sp³-hybridized carbons (Fsp3) is 0.476.